The van der Waals surface area contributed by atoms with Gasteiger partial charge in [-0.05, 0) is 46.6 Å². The third-order valence-corrected chi connectivity index (χ3v) is 6.47. The van der Waals surface area contributed by atoms with Crippen LogP contribution < -0.4 is 0 Å². The fourth-order valence-electron chi connectivity index (χ4n) is 3.87. The molecule has 0 heterocycles. The van der Waals surface area contributed by atoms with Gasteiger partial charge in [-0.3, -0.25) is 0 Å². The quantitative estimate of drug-likeness (QED) is 0.0805. The molecule has 0 saturated heterocycles. The minimum absolute atomic E-state index is 0.0582. The van der Waals surface area contributed by atoms with Crippen molar-refractivity contribution in [2.24, 2.45) is 0 Å². The highest BCUT2D eigenvalue weighted by atomic mass is 16.6. The van der Waals surface area contributed by atoms with Crippen molar-refractivity contribution < 1.29 is 47.4 Å². The monoisotopic (exact) mass is 750 g/mol. The topological polar surface area (TPSA) is 92.3 Å². The zero-order valence-corrected chi connectivity index (χ0v) is 31.6. The van der Waals surface area contributed by atoms with Gasteiger partial charge in [-0.25, -0.2) is 0 Å². The summed E-state index contributed by atoms with van der Waals surface area (Å²) in [5.41, 5.74) is 2.18. The maximum Gasteiger partial charge on any atom is 0.124 e. The Morgan fingerprint density at radius 3 is 1.16 bits per heavy atom. The molecule has 1 aromatic rings. The Labute approximate surface area is 328 Å². The number of rotatable bonds is 32. The lowest BCUT2D eigenvalue weighted by Crippen LogP contribution is -2.19. The fraction of sp³-hybridized carbons (Fsp3) is 0.467. The summed E-state index contributed by atoms with van der Waals surface area (Å²) in [5, 5.41) is 0. The van der Waals surface area contributed by atoms with E-state index in [4.69, 9.17) is 60.2 Å². The van der Waals surface area contributed by atoms with E-state index in [2.05, 4.69) is 102 Å². The van der Waals surface area contributed by atoms with Gasteiger partial charge in [0.2, 0.25) is 0 Å². The number of hydrogen-bond acceptors (Lipinski definition) is 10. The first kappa shape index (κ1) is 47.7. The van der Waals surface area contributed by atoms with E-state index in [0.29, 0.717) is 132 Å². The first-order valence-corrected chi connectivity index (χ1v) is 17.8. The maximum atomic E-state index is 5.93. The summed E-state index contributed by atoms with van der Waals surface area (Å²) < 4.78 is 55.5. The second kappa shape index (κ2) is 39.9. The Morgan fingerprint density at radius 1 is 0.436 bits per heavy atom. The molecule has 0 spiro atoms. The lowest BCUT2D eigenvalue weighted by Gasteiger charge is -2.18. The summed E-state index contributed by atoms with van der Waals surface area (Å²) in [6.07, 6.45) is 18.2. The summed E-state index contributed by atoms with van der Waals surface area (Å²) in [7, 11) is 0. The van der Waals surface area contributed by atoms with E-state index in [-0.39, 0.29) is 5.92 Å². The third-order valence-electron chi connectivity index (χ3n) is 6.47. The molecule has 0 aromatic heterocycles. The summed E-state index contributed by atoms with van der Waals surface area (Å²) in [5.74, 6) is 29.1. The SMILES string of the molecule is C#CC#CC#CC#COCCCOCCOCCOCCOCC(COCCOCCOCCOCCCOC#CC#CC#CC#C)c1ccc(C=C)cc1. The third kappa shape index (κ3) is 33.1. The van der Waals surface area contributed by atoms with E-state index >= 15 is 0 Å². The summed E-state index contributed by atoms with van der Waals surface area (Å²) in [4.78, 5) is 0. The Bertz CT molecular complexity index is 1520. The van der Waals surface area contributed by atoms with E-state index in [1.54, 1.807) is 0 Å². The van der Waals surface area contributed by atoms with Gasteiger partial charge in [-0.1, -0.05) is 36.9 Å². The molecule has 10 nitrogen and oxygen atoms in total. The van der Waals surface area contributed by atoms with Crippen LogP contribution in [0.2, 0.25) is 0 Å². The average molecular weight is 751 g/mol. The zero-order chi connectivity index (χ0) is 39.4. The molecule has 0 radical (unpaired) electrons. The van der Waals surface area contributed by atoms with Crippen molar-refractivity contribution in [2.45, 2.75) is 18.8 Å². The Balaban J connectivity index is 2.05. The highest BCUT2D eigenvalue weighted by Crippen LogP contribution is 2.18. The van der Waals surface area contributed by atoms with Crippen molar-refractivity contribution in [3.8, 4) is 96.1 Å². The van der Waals surface area contributed by atoms with Crippen LogP contribution in [0, 0.1) is 96.1 Å². The van der Waals surface area contributed by atoms with Crippen LogP contribution in [0.3, 0.4) is 0 Å². The fourth-order valence-corrected chi connectivity index (χ4v) is 3.87. The van der Waals surface area contributed by atoms with Gasteiger partial charge in [0.15, 0.2) is 0 Å². The Hall–Kier alpha value is -5.28. The van der Waals surface area contributed by atoms with Crippen LogP contribution in [-0.4, -0.2) is 119 Å². The van der Waals surface area contributed by atoms with Gasteiger partial charge in [0.25, 0.3) is 0 Å². The van der Waals surface area contributed by atoms with E-state index in [1.165, 1.54) is 0 Å². The van der Waals surface area contributed by atoms with Gasteiger partial charge in [-0.15, -0.1) is 12.8 Å². The molecule has 0 unspecified atom stereocenters. The molecular weight excluding hydrogens is 700 g/mol. The average Bonchev–Trinajstić information content (AvgIpc) is 3.21. The first-order chi connectivity index (χ1) is 27.3. The lowest BCUT2D eigenvalue weighted by molar-refractivity contribution is -0.0154. The minimum atomic E-state index is 0.0582. The molecule has 0 aliphatic heterocycles. The van der Waals surface area contributed by atoms with Gasteiger partial charge < -0.3 is 47.4 Å². The highest BCUT2D eigenvalue weighted by molar-refractivity contribution is 5.47. The van der Waals surface area contributed by atoms with Gasteiger partial charge in [-0.2, -0.15) is 0 Å². The Kier molecular flexibility index (Phi) is 34.6. The van der Waals surface area contributed by atoms with Crippen LogP contribution in [0.25, 0.3) is 6.08 Å². The molecule has 55 heavy (non-hydrogen) atoms. The van der Waals surface area contributed by atoms with Gasteiger partial charge in [0, 0.05) is 67.5 Å². The van der Waals surface area contributed by atoms with E-state index in [9.17, 15) is 0 Å². The molecule has 0 bridgehead atoms. The van der Waals surface area contributed by atoms with Crippen molar-refractivity contribution in [3.05, 3.63) is 42.0 Å². The number of terminal acetylenes is 2. The van der Waals surface area contributed by atoms with Gasteiger partial charge in [0.05, 0.1) is 92.5 Å². The summed E-state index contributed by atoms with van der Waals surface area (Å²) in [6.45, 7) is 12.5. The standard InChI is InChI=1S/C45H50O10/c1-4-7-9-11-13-15-23-46-25-17-27-48-29-31-50-33-35-52-37-39-54-41-45(44-21-19-43(6-3)20-22-44)42-55-40-38-53-36-34-51-32-30-49-28-18-26-47-24-16-14-12-10-8-5-2/h1-2,6,19-22,45H,3,17-18,25-42H2. The normalized spacial score (nSPS) is 9.36. The molecule has 0 aliphatic rings. The van der Waals surface area contributed by atoms with Crippen molar-refractivity contribution in [1.82, 2.24) is 0 Å². The predicted molar refractivity (Wildman–Crippen MR) is 211 cm³/mol. The largest absolute Gasteiger partial charge is 0.446 e. The molecular formula is C45H50O10. The van der Waals surface area contributed by atoms with Crippen LogP contribution in [0.15, 0.2) is 30.8 Å². The molecule has 0 atom stereocenters. The number of hydrogen-bond donors (Lipinski definition) is 0. The number of benzene rings is 1. The second-order valence-electron chi connectivity index (χ2n) is 10.5. The van der Waals surface area contributed by atoms with Crippen molar-refractivity contribution in [2.75, 3.05) is 119 Å². The molecule has 0 saturated carbocycles. The molecule has 1 aromatic carbocycles. The van der Waals surface area contributed by atoms with Crippen LogP contribution >= 0.6 is 0 Å². The molecule has 0 fully saturated rings. The van der Waals surface area contributed by atoms with Crippen LogP contribution in [0.4, 0.5) is 0 Å². The first-order valence-electron chi connectivity index (χ1n) is 17.8. The minimum Gasteiger partial charge on any atom is -0.446 e. The molecule has 0 aliphatic carbocycles. The molecule has 10 heteroatoms. The van der Waals surface area contributed by atoms with E-state index in [1.807, 2.05) is 18.2 Å². The van der Waals surface area contributed by atoms with Crippen molar-refractivity contribution in [3.63, 3.8) is 0 Å². The molecule has 0 N–H and O–H groups in total. The van der Waals surface area contributed by atoms with Crippen LogP contribution in [-0.2, 0) is 47.4 Å². The predicted octanol–water partition coefficient (Wildman–Crippen LogP) is 3.56. The maximum absolute atomic E-state index is 5.93. The molecule has 290 valence electrons. The number of ether oxygens (including phenoxy) is 10. The summed E-state index contributed by atoms with van der Waals surface area (Å²) in [6, 6.07) is 8.22. The van der Waals surface area contributed by atoms with Gasteiger partial charge >= 0.3 is 0 Å². The molecule has 1 rings (SSSR count). The van der Waals surface area contributed by atoms with E-state index < -0.39 is 0 Å². The van der Waals surface area contributed by atoms with Crippen LogP contribution in [0.5, 0.6) is 0 Å². The van der Waals surface area contributed by atoms with Crippen LogP contribution in [0.1, 0.15) is 29.9 Å². The second-order valence-corrected chi connectivity index (χ2v) is 10.5. The lowest BCUT2D eigenvalue weighted by atomic mass is 9.99. The van der Waals surface area contributed by atoms with Crippen molar-refractivity contribution in [1.29, 1.82) is 0 Å². The van der Waals surface area contributed by atoms with Gasteiger partial charge in [0.1, 0.15) is 25.4 Å². The smallest absolute Gasteiger partial charge is 0.124 e. The Morgan fingerprint density at radius 2 is 0.782 bits per heavy atom. The molecule has 0 amide bonds. The van der Waals surface area contributed by atoms with E-state index in [0.717, 1.165) is 11.1 Å². The highest BCUT2D eigenvalue weighted by Gasteiger charge is 2.13. The van der Waals surface area contributed by atoms with Crippen molar-refractivity contribution >= 4 is 6.08 Å². The summed E-state index contributed by atoms with van der Waals surface area (Å²) >= 11 is 0. The zero-order valence-electron chi connectivity index (χ0n) is 31.6.